The third kappa shape index (κ3) is 5.02. The molecule has 0 atom stereocenters. The second kappa shape index (κ2) is 9.78. The SMILES string of the molecule is CN(C)S(=O)(=O)c1ccc2c(c1)nc(CCC(=O)NCc1ccccc1Cn1ccnc1)n2C. The maximum absolute atomic E-state index is 12.6. The van der Waals surface area contributed by atoms with Gasteiger partial charge in [0.2, 0.25) is 15.9 Å². The van der Waals surface area contributed by atoms with Gasteiger partial charge in [0, 0.05) is 59.5 Å². The van der Waals surface area contributed by atoms with E-state index in [9.17, 15) is 13.2 Å². The molecule has 4 aromatic rings. The van der Waals surface area contributed by atoms with Crippen molar-refractivity contribution in [3.05, 3.63) is 78.1 Å². The Hall–Kier alpha value is -3.50. The lowest BCUT2D eigenvalue weighted by atomic mass is 10.1. The van der Waals surface area contributed by atoms with Crippen LogP contribution in [0, 0.1) is 0 Å². The summed E-state index contributed by atoms with van der Waals surface area (Å²) in [6.07, 6.45) is 6.15. The Balaban J connectivity index is 1.40. The van der Waals surface area contributed by atoms with Gasteiger partial charge in [0.1, 0.15) is 5.82 Å². The Labute approximate surface area is 199 Å². The molecule has 0 unspecified atom stereocenters. The van der Waals surface area contributed by atoms with E-state index in [4.69, 9.17) is 0 Å². The molecular formula is C24H28N6O3S. The first-order valence-electron chi connectivity index (χ1n) is 10.9. The van der Waals surface area contributed by atoms with E-state index in [1.54, 1.807) is 30.7 Å². The van der Waals surface area contributed by atoms with Crippen LogP contribution in [0.15, 0.2) is 66.1 Å². The normalized spacial score (nSPS) is 11.9. The molecule has 1 N–H and O–H groups in total. The van der Waals surface area contributed by atoms with Crippen LogP contribution in [0.3, 0.4) is 0 Å². The zero-order valence-electron chi connectivity index (χ0n) is 19.5. The largest absolute Gasteiger partial charge is 0.352 e. The maximum atomic E-state index is 12.6. The van der Waals surface area contributed by atoms with E-state index in [0.29, 0.717) is 25.0 Å². The molecule has 0 aliphatic rings. The van der Waals surface area contributed by atoms with E-state index < -0.39 is 10.0 Å². The van der Waals surface area contributed by atoms with Crippen LogP contribution in [0.25, 0.3) is 11.0 Å². The number of amides is 1. The summed E-state index contributed by atoms with van der Waals surface area (Å²) in [5.41, 5.74) is 3.59. The number of imidazole rings is 2. The average Bonchev–Trinajstić information content (AvgIpc) is 3.44. The van der Waals surface area contributed by atoms with Gasteiger partial charge in [-0.1, -0.05) is 24.3 Å². The molecule has 4 rings (SSSR count). The number of rotatable bonds is 9. The molecule has 0 aliphatic carbocycles. The third-order valence-electron chi connectivity index (χ3n) is 5.81. The number of aromatic nitrogens is 4. The fourth-order valence-corrected chi connectivity index (χ4v) is 4.72. The predicted octanol–water partition coefficient (Wildman–Crippen LogP) is 2.32. The van der Waals surface area contributed by atoms with E-state index >= 15 is 0 Å². The standard InChI is InChI=1S/C24H28N6O3S/c1-28(2)34(32,33)20-8-9-22-21(14-20)27-23(29(22)3)10-11-24(31)26-15-18-6-4-5-7-19(18)16-30-13-12-25-17-30/h4-9,12-14,17H,10-11,15-16H2,1-3H3,(H,26,31). The van der Waals surface area contributed by atoms with Crippen molar-refractivity contribution in [3.8, 4) is 0 Å². The Morgan fingerprint density at radius 2 is 1.88 bits per heavy atom. The summed E-state index contributed by atoms with van der Waals surface area (Å²) in [4.78, 5) is 21.4. The molecule has 2 aromatic heterocycles. The molecule has 10 heteroatoms. The number of fused-ring (bicyclic) bond motifs is 1. The molecule has 0 bridgehead atoms. The lowest BCUT2D eigenvalue weighted by Gasteiger charge is -2.11. The number of aryl methyl sites for hydroxylation is 2. The van der Waals surface area contributed by atoms with E-state index in [-0.39, 0.29) is 17.2 Å². The number of carbonyl (C=O) groups is 1. The third-order valence-corrected chi connectivity index (χ3v) is 7.62. The number of hydrogen-bond acceptors (Lipinski definition) is 5. The summed E-state index contributed by atoms with van der Waals surface area (Å²) < 4.78 is 29.9. The van der Waals surface area contributed by atoms with Gasteiger partial charge in [0.15, 0.2) is 0 Å². The van der Waals surface area contributed by atoms with E-state index in [2.05, 4.69) is 15.3 Å². The average molecular weight is 481 g/mol. The number of nitrogens with zero attached hydrogens (tertiary/aromatic N) is 5. The van der Waals surface area contributed by atoms with Crippen molar-refractivity contribution in [3.63, 3.8) is 0 Å². The first kappa shape index (κ1) is 23.7. The fourth-order valence-electron chi connectivity index (χ4n) is 3.79. The van der Waals surface area contributed by atoms with Gasteiger partial charge >= 0.3 is 0 Å². The number of sulfonamides is 1. The molecule has 0 saturated heterocycles. The van der Waals surface area contributed by atoms with Gasteiger partial charge in [-0.15, -0.1) is 0 Å². The molecule has 0 saturated carbocycles. The van der Waals surface area contributed by atoms with Gasteiger partial charge in [-0.3, -0.25) is 4.79 Å². The topological polar surface area (TPSA) is 102 Å². The van der Waals surface area contributed by atoms with Gasteiger partial charge in [0.25, 0.3) is 0 Å². The molecule has 0 fully saturated rings. The highest BCUT2D eigenvalue weighted by molar-refractivity contribution is 7.89. The van der Waals surface area contributed by atoms with Crippen LogP contribution >= 0.6 is 0 Å². The Bertz CT molecular complexity index is 1410. The van der Waals surface area contributed by atoms with Crippen molar-refractivity contribution < 1.29 is 13.2 Å². The molecule has 178 valence electrons. The highest BCUT2D eigenvalue weighted by atomic mass is 32.2. The molecule has 0 radical (unpaired) electrons. The molecule has 0 spiro atoms. The van der Waals surface area contributed by atoms with Gasteiger partial charge in [0.05, 0.1) is 22.3 Å². The summed E-state index contributed by atoms with van der Waals surface area (Å²) in [6.45, 7) is 1.13. The summed E-state index contributed by atoms with van der Waals surface area (Å²) in [6, 6.07) is 12.9. The highest BCUT2D eigenvalue weighted by Gasteiger charge is 2.19. The maximum Gasteiger partial charge on any atom is 0.242 e. The quantitative estimate of drug-likeness (QED) is 0.396. The zero-order valence-corrected chi connectivity index (χ0v) is 20.3. The number of carbonyl (C=O) groups excluding carboxylic acids is 1. The van der Waals surface area contributed by atoms with Gasteiger partial charge in [-0.05, 0) is 29.3 Å². The van der Waals surface area contributed by atoms with Crippen LogP contribution in [0.2, 0.25) is 0 Å². The molecule has 2 aromatic carbocycles. The van der Waals surface area contributed by atoms with Gasteiger partial charge in [-0.25, -0.2) is 22.7 Å². The molecule has 1 amide bonds. The Kier molecular flexibility index (Phi) is 6.80. The van der Waals surface area contributed by atoms with Crippen LogP contribution in [-0.2, 0) is 41.4 Å². The lowest BCUT2D eigenvalue weighted by molar-refractivity contribution is -0.121. The fraction of sp³-hybridized carbons (Fsp3) is 0.292. The lowest BCUT2D eigenvalue weighted by Crippen LogP contribution is -2.24. The smallest absolute Gasteiger partial charge is 0.242 e. The van der Waals surface area contributed by atoms with Crippen molar-refractivity contribution in [2.75, 3.05) is 14.1 Å². The number of hydrogen-bond donors (Lipinski definition) is 1. The minimum Gasteiger partial charge on any atom is -0.352 e. The summed E-state index contributed by atoms with van der Waals surface area (Å²) in [5, 5.41) is 3.00. The molecular weight excluding hydrogens is 452 g/mol. The number of benzene rings is 2. The summed E-state index contributed by atoms with van der Waals surface area (Å²) in [5.74, 6) is 0.658. The predicted molar refractivity (Wildman–Crippen MR) is 130 cm³/mol. The Morgan fingerprint density at radius 3 is 2.59 bits per heavy atom. The second-order valence-corrected chi connectivity index (χ2v) is 10.5. The second-order valence-electron chi connectivity index (χ2n) is 8.31. The first-order valence-corrected chi connectivity index (χ1v) is 12.4. The van der Waals surface area contributed by atoms with Crippen molar-refractivity contribution in [1.82, 2.24) is 28.7 Å². The monoisotopic (exact) mass is 480 g/mol. The molecule has 0 aliphatic heterocycles. The van der Waals surface area contributed by atoms with Crippen LogP contribution in [-0.4, -0.2) is 51.8 Å². The van der Waals surface area contributed by atoms with Crippen LogP contribution in [0.4, 0.5) is 0 Å². The van der Waals surface area contributed by atoms with Crippen molar-refractivity contribution in [1.29, 1.82) is 0 Å². The van der Waals surface area contributed by atoms with Crippen LogP contribution < -0.4 is 5.32 Å². The molecule has 2 heterocycles. The first-order chi connectivity index (χ1) is 16.3. The van der Waals surface area contributed by atoms with Crippen molar-refractivity contribution in [2.45, 2.75) is 30.8 Å². The van der Waals surface area contributed by atoms with Gasteiger partial charge in [-0.2, -0.15) is 0 Å². The van der Waals surface area contributed by atoms with E-state index in [0.717, 1.165) is 22.5 Å². The van der Waals surface area contributed by atoms with E-state index in [1.807, 2.05) is 46.6 Å². The van der Waals surface area contributed by atoms with Crippen LogP contribution in [0.5, 0.6) is 0 Å². The Morgan fingerprint density at radius 1 is 1.12 bits per heavy atom. The van der Waals surface area contributed by atoms with Crippen molar-refractivity contribution in [2.24, 2.45) is 7.05 Å². The zero-order chi connectivity index (χ0) is 24.3. The summed E-state index contributed by atoms with van der Waals surface area (Å²) >= 11 is 0. The van der Waals surface area contributed by atoms with E-state index in [1.165, 1.54) is 18.4 Å². The number of nitrogens with one attached hydrogen (secondary N) is 1. The molecule has 9 nitrogen and oxygen atoms in total. The van der Waals surface area contributed by atoms with Crippen molar-refractivity contribution >= 4 is 27.0 Å². The van der Waals surface area contributed by atoms with Gasteiger partial charge < -0.3 is 14.5 Å². The highest BCUT2D eigenvalue weighted by Crippen LogP contribution is 2.22. The minimum atomic E-state index is -3.54. The summed E-state index contributed by atoms with van der Waals surface area (Å²) in [7, 11) is 1.33. The minimum absolute atomic E-state index is 0.0691. The van der Waals surface area contributed by atoms with Crippen LogP contribution in [0.1, 0.15) is 23.4 Å². The molecule has 34 heavy (non-hydrogen) atoms.